The second kappa shape index (κ2) is 4.30. The number of nitrogens with one attached hydrogen (secondary N) is 1. The van der Waals surface area contributed by atoms with Crippen LogP contribution in [-0.2, 0) is 9.57 Å². The SMILES string of the molecule is CC(C)(C)OC(=O)NCC1=NOCC1. The maximum atomic E-state index is 11.2. The van der Waals surface area contributed by atoms with Crippen molar-refractivity contribution >= 4 is 11.8 Å². The molecule has 0 radical (unpaired) electrons. The molecule has 1 aliphatic rings. The first kappa shape index (κ1) is 10.8. The molecular weight excluding hydrogens is 184 g/mol. The first-order valence-electron chi connectivity index (χ1n) is 4.62. The molecule has 0 saturated heterocycles. The van der Waals surface area contributed by atoms with Crippen LogP contribution >= 0.6 is 0 Å². The Morgan fingerprint density at radius 2 is 2.36 bits per heavy atom. The Morgan fingerprint density at radius 1 is 1.64 bits per heavy atom. The molecule has 0 aromatic rings. The zero-order chi connectivity index (χ0) is 10.6. The topological polar surface area (TPSA) is 59.9 Å². The van der Waals surface area contributed by atoms with Crippen molar-refractivity contribution in [2.75, 3.05) is 13.2 Å². The lowest BCUT2D eigenvalue weighted by atomic mass is 10.2. The largest absolute Gasteiger partial charge is 0.444 e. The highest BCUT2D eigenvalue weighted by Gasteiger charge is 2.16. The molecule has 0 aromatic heterocycles. The van der Waals surface area contributed by atoms with Crippen LogP contribution in [0.5, 0.6) is 0 Å². The van der Waals surface area contributed by atoms with Gasteiger partial charge < -0.3 is 14.9 Å². The number of hydrogen-bond donors (Lipinski definition) is 1. The molecule has 0 bridgehead atoms. The van der Waals surface area contributed by atoms with Gasteiger partial charge >= 0.3 is 6.09 Å². The summed E-state index contributed by atoms with van der Waals surface area (Å²) in [6.45, 7) is 6.47. The molecule has 0 unspecified atom stereocenters. The van der Waals surface area contributed by atoms with Gasteiger partial charge in [0.25, 0.3) is 0 Å². The fourth-order valence-corrected chi connectivity index (χ4v) is 0.955. The van der Waals surface area contributed by atoms with E-state index in [0.29, 0.717) is 13.2 Å². The van der Waals surface area contributed by atoms with Crippen LogP contribution in [0.25, 0.3) is 0 Å². The van der Waals surface area contributed by atoms with Crippen molar-refractivity contribution in [3.05, 3.63) is 0 Å². The summed E-state index contributed by atoms with van der Waals surface area (Å²) in [5.41, 5.74) is 0.383. The van der Waals surface area contributed by atoms with Gasteiger partial charge in [-0.1, -0.05) is 5.16 Å². The van der Waals surface area contributed by atoms with Gasteiger partial charge in [-0.25, -0.2) is 4.79 Å². The van der Waals surface area contributed by atoms with Gasteiger partial charge in [-0.15, -0.1) is 0 Å². The third-order valence-electron chi connectivity index (χ3n) is 1.51. The maximum Gasteiger partial charge on any atom is 0.407 e. The average molecular weight is 200 g/mol. The van der Waals surface area contributed by atoms with Gasteiger partial charge in [-0.2, -0.15) is 0 Å². The standard InChI is InChI=1S/C9H16N2O3/c1-9(2,3)14-8(12)10-6-7-4-5-13-11-7/h4-6H2,1-3H3,(H,10,12). The number of rotatable bonds is 2. The second-order valence-corrected chi connectivity index (χ2v) is 4.10. The molecular formula is C9H16N2O3. The Balaban J connectivity index is 2.21. The third kappa shape index (κ3) is 4.11. The van der Waals surface area contributed by atoms with Crippen LogP contribution in [-0.4, -0.2) is 30.6 Å². The lowest BCUT2D eigenvalue weighted by Crippen LogP contribution is -2.35. The van der Waals surface area contributed by atoms with Gasteiger partial charge in [0.1, 0.15) is 12.2 Å². The molecule has 0 aliphatic carbocycles. The normalized spacial score (nSPS) is 15.8. The predicted molar refractivity (Wildman–Crippen MR) is 52.2 cm³/mol. The highest BCUT2D eigenvalue weighted by Crippen LogP contribution is 2.06. The highest BCUT2D eigenvalue weighted by molar-refractivity contribution is 5.89. The van der Waals surface area contributed by atoms with Gasteiger partial charge in [0.05, 0.1) is 12.3 Å². The second-order valence-electron chi connectivity index (χ2n) is 4.10. The van der Waals surface area contributed by atoms with Crippen molar-refractivity contribution in [1.29, 1.82) is 0 Å². The van der Waals surface area contributed by atoms with Crippen LogP contribution in [0, 0.1) is 0 Å². The van der Waals surface area contributed by atoms with Crippen LogP contribution in [0.4, 0.5) is 4.79 Å². The molecule has 0 spiro atoms. The summed E-state index contributed by atoms with van der Waals surface area (Å²) >= 11 is 0. The molecule has 5 nitrogen and oxygen atoms in total. The minimum atomic E-state index is -0.460. The van der Waals surface area contributed by atoms with E-state index in [9.17, 15) is 4.79 Å². The fraction of sp³-hybridized carbons (Fsp3) is 0.778. The molecule has 1 aliphatic heterocycles. The Hall–Kier alpha value is -1.26. The molecule has 14 heavy (non-hydrogen) atoms. The number of amides is 1. The van der Waals surface area contributed by atoms with E-state index in [-0.39, 0.29) is 0 Å². The van der Waals surface area contributed by atoms with Crippen LogP contribution in [0.3, 0.4) is 0 Å². The fourth-order valence-electron chi connectivity index (χ4n) is 0.955. The number of carbonyl (C=O) groups excluding carboxylic acids is 1. The lowest BCUT2D eigenvalue weighted by Gasteiger charge is -2.19. The predicted octanol–water partition coefficient (Wildman–Crippen LogP) is 1.29. The van der Waals surface area contributed by atoms with Crippen LogP contribution in [0.15, 0.2) is 5.16 Å². The molecule has 1 rings (SSSR count). The number of alkyl carbamates (subject to hydrolysis) is 1. The summed E-state index contributed by atoms with van der Waals surface area (Å²) in [6, 6.07) is 0. The number of nitrogens with zero attached hydrogens (tertiary/aromatic N) is 1. The van der Waals surface area contributed by atoms with Crippen molar-refractivity contribution in [2.24, 2.45) is 5.16 Å². The maximum absolute atomic E-state index is 11.2. The minimum absolute atomic E-state index is 0.398. The van der Waals surface area contributed by atoms with Gasteiger partial charge in [0.15, 0.2) is 0 Å². The van der Waals surface area contributed by atoms with Crippen molar-refractivity contribution in [1.82, 2.24) is 5.32 Å². The van der Waals surface area contributed by atoms with E-state index in [1.807, 2.05) is 20.8 Å². The van der Waals surface area contributed by atoms with E-state index in [4.69, 9.17) is 9.57 Å². The van der Waals surface area contributed by atoms with Gasteiger partial charge in [-0.3, -0.25) is 0 Å². The molecule has 0 saturated carbocycles. The smallest absolute Gasteiger partial charge is 0.407 e. The van der Waals surface area contributed by atoms with Crippen molar-refractivity contribution in [3.8, 4) is 0 Å². The highest BCUT2D eigenvalue weighted by atomic mass is 16.6. The number of oxime groups is 1. The number of carbonyl (C=O) groups is 1. The monoisotopic (exact) mass is 200 g/mol. The molecule has 0 aromatic carbocycles. The van der Waals surface area contributed by atoms with Gasteiger partial charge in [-0.05, 0) is 20.8 Å². The summed E-state index contributed by atoms with van der Waals surface area (Å²) in [5.74, 6) is 0. The van der Waals surface area contributed by atoms with Crippen LogP contribution in [0.2, 0.25) is 0 Å². The average Bonchev–Trinajstić information content (AvgIpc) is 2.49. The first-order chi connectivity index (χ1) is 6.47. The zero-order valence-corrected chi connectivity index (χ0v) is 8.79. The van der Waals surface area contributed by atoms with Crippen molar-refractivity contribution < 1.29 is 14.4 Å². The Labute approximate surface area is 83.4 Å². The summed E-state index contributed by atoms with van der Waals surface area (Å²) in [4.78, 5) is 16.0. The molecule has 1 amide bonds. The zero-order valence-electron chi connectivity index (χ0n) is 8.79. The Kier molecular flexibility index (Phi) is 3.33. The molecule has 0 atom stereocenters. The van der Waals surface area contributed by atoms with E-state index in [1.165, 1.54) is 0 Å². The summed E-state index contributed by atoms with van der Waals surface area (Å²) in [5, 5.41) is 6.36. The van der Waals surface area contributed by atoms with E-state index in [1.54, 1.807) is 0 Å². The lowest BCUT2D eigenvalue weighted by molar-refractivity contribution is 0.0536. The Bertz CT molecular complexity index is 243. The van der Waals surface area contributed by atoms with E-state index in [2.05, 4.69) is 10.5 Å². The van der Waals surface area contributed by atoms with Crippen molar-refractivity contribution in [3.63, 3.8) is 0 Å². The molecule has 80 valence electrons. The van der Waals surface area contributed by atoms with E-state index < -0.39 is 11.7 Å². The number of ether oxygens (including phenoxy) is 1. The van der Waals surface area contributed by atoms with Gasteiger partial charge in [0.2, 0.25) is 0 Å². The minimum Gasteiger partial charge on any atom is -0.444 e. The quantitative estimate of drug-likeness (QED) is 0.730. The summed E-state index contributed by atoms with van der Waals surface area (Å²) in [6.07, 6.45) is 0.350. The molecule has 5 heteroatoms. The summed E-state index contributed by atoms with van der Waals surface area (Å²) in [7, 11) is 0. The molecule has 0 fully saturated rings. The van der Waals surface area contributed by atoms with E-state index in [0.717, 1.165) is 12.1 Å². The van der Waals surface area contributed by atoms with E-state index >= 15 is 0 Å². The Morgan fingerprint density at radius 3 is 2.86 bits per heavy atom. The first-order valence-corrected chi connectivity index (χ1v) is 4.62. The van der Waals surface area contributed by atoms with Crippen LogP contribution < -0.4 is 5.32 Å². The van der Waals surface area contributed by atoms with Crippen molar-refractivity contribution in [2.45, 2.75) is 32.8 Å². The number of hydrogen-bond acceptors (Lipinski definition) is 4. The summed E-state index contributed by atoms with van der Waals surface area (Å²) < 4.78 is 5.05. The third-order valence-corrected chi connectivity index (χ3v) is 1.51. The molecule has 1 N–H and O–H groups in total. The van der Waals surface area contributed by atoms with Gasteiger partial charge in [0, 0.05) is 6.42 Å². The molecule has 1 heterocycles. The van der Waals surface area contributed by atoms with Crippen LogP contribution in [0.1, 0.15) is 27.2 Å².